The zero-order valence-corrected chi connectivity index (χ0v) is 11.8. The summed E-state index contributed by atoms with van der Waals surface area (Å²) in [5.41, 5.74) is 6.38. The molecular weight excluding hydrogens is 278 g/mol. The van der Waals surface area contributed by atoms with E-state index in [1.807, 2.05) is 0 Å². The molecule has 0 atom stereocenters. The van der Waals surface area contributed by atoms with Gasteiger partial charge in [-0.25, -0.2) is 8.42 Å². The second kappa shape index (κ2) is 6.69. The van der Waals surface area contributed by atoms with Gasteiger partial charge in [-0.2, -0.15) is 0 Å². The first kappa shape index (κ1) is 14.8. The minimum atomic E-state index is -3.32. The summed E-state index contributed by atoms with van der Waals surface area (Å²) in [5, 5.41) is 0. The molecule has 2 N–H and O–H groups in total. The van der Waals surface area contributed by atoms with Gasteiger partial charge in [-0.15, -0.1) is 0 Å². The summed E-state index contributed by atoms with van der Waals surface area (Å²) in [6.45, 7) is 0.795. The predicted octanol–water partition coefficient (Wildman–Crippen LogP) is 1.73. The van der Waals surface area contributed by atoms with Gasteiger partial charge in [0, 0.05) is 6.54 Å². The summed E-state index contributed by atoms with van der Waals surface area (Å²) < 4.78 is 34.5. The third kappa shape index (κ3) is 3.93. The van der Waals surface area contributed by atoms with Crippen LogP contribution >= 0.6 is 0 Å². The van der Waals surface area contributed by atoms with E-state index in [9.17, 15) is 8.42 Å². The van der Waals surface area contributed by atoms with Gasteiger partial charge in [0.15, 0.2) is 9.84 Å². The van der Waals surface area contributed by atoms with Crippen LogP contribution in [0.5, 0.6) is 0 Å². The van der Waals surface area contributed by atoms with Gasteiger partial charge in [-0.3, -0.25) is 0 Å². The van der Waals surface area contributed by atoms with E-state index in [4.69, 9.17) is 14.9 Å². The Bertz CT molecular complexity index is 618. The van der Waals surface area contributed by atoms with Crippen molar-refractivity contribution in [2.45, 2.75) is 18.0 Å². The summed E-state index contributed by atoms with van der Waals surface area (Å²) in [6.07, 6.45) is 1.55. The number of benzene rings is 1. The number of hydrogen-bond acceptors (Lipinski definition) is 5. The maximum Gasteiger partial charge on any atom is 0.180 e. The average molecular weight is 295 g/mol. The van der Waals surface area contributed by atoms with Crippen LogP contribution in [0.15, 0.2) is 52.0 Å². The molecule has 6 heteroatoms. The molecule has 2 aromatic rings. The quantitative estimate of drug-likeness (QED) is 0.787. The molecule has 0 saturated heterocycles. The fraction of sp³-hybridized carbons (Fsp3) is 0.286. The van der Waals surface area contributed by atoms with Gasteiger partial charge in [0.2, 0.25) is 0 Å². The zero-order chi connectivity index (χ0) is 14.4. The molecule has 0 radical (unpaired) electrons. The Morgan fingerprint density at radius 2 is 1.90 bits per heavy atom. The molecular formula is C14H17NO4S. The van der Waals surface area contributed by atoms with Gasteiger partial charge in [-0.05, 0) is 29.8 Å². The lowest BCUT2D eigenvalue weighted by molar-refractivity contribution is 0.119. The molecule has 0 aliphatic rings. The predicted molar refractivity (Wildman–Crippen MR) is 74.8 cm³/mol. The fourth-order valence-electron chi connectivity index (χ4n) is 1.69. The lowest BCUT2D eigenvalue weighted by Crippen LogP contribution is -2.12. The minimum Gasteiger partial charge on any atom is -0.467 e. The normalized spacial score (nSPS) is 11.7. The highest BCUT2D eigenvalue weighted by Gasteiger charge is 2.14. The van der Waals surface area contributed by atoms with E-state index < -0.39 is 9.84 Å². The van der Waals surface area contributed by atoms with Crippen molar-refractivity contribution in [1.82, 2.24) is 0 Å². The number of rotatable bonds is 7. The van der Waals surface area contributed by atoms with E-state index in [0.717, 1.165) is 5.56 Å². The van der Waals surface area contributed by atoms with E-state index in [0.29, 0.717) is 12.3 Å². The molecule has 0 fully saturated rings. The van der Waals surface area contributed by atoms with E-state index in [2.05, 4.69) is 0 Å². The van der Waals surface area contributed by atoms with E-state index >= 15 is 0 Å². The van der Waals surface area contributed by atoms with E-state index in [-0.39, 0.29) is 23.9 Å². The Kier molecular flexibility index (Phi) is 4.94. The van der Waals surface area contributed by atoms with Gasteiger partial charge in [0.05, 0.1) is 23.5 Å². The topological polar surface area (TPSA) is 82.5 Å². The number of ether oxygens (including phenoxy) is 1. The number of furan rings is 1. The molecule has 0 unspecified atom stereocenters. The highest BCUT2D eigenvalue weighted by Crippen LogP contribution is 2.12. The standard InChI is InChI=1S/C14H17NO4S/c15-10-12-3-5-14(6-4-12)20(16,17)9-8-18-11-13-2-1-7-19-13/h1-7H,8-11,15H2. The second-order valence-electron chi connectivity index (χ2n) is 4.30. The molecule has 0 bridgehead atoms. The van der Waals surface area contributed by atoms with Crippen molar-refractivity contribution in [3.63, 3.8) is 0 Å². The van der Waals surface area contributed by atoms with E-state index in [1.54, 1.807) is 42.7 Å². The monoisotopic (exact) mass is 295 g/mol. The van der Waals surface area contributed by atoms with Crippen LogP contribution in [0, 0.1) is 0 Å². The smallest absolute Gasteiger partial charge is 0.180 e. The summed E-state index contributed by atoms with van der Waals surface area (Å²) in [6, 6.07) is 10.1. The molecule has 5 nitrogen and oxygen atoms in total. The van der Waals surface area contributed by atoms with Crippen LogP contribution in [0.2, 0.25) is 0 Å². The average Bonchev–Trinajstić information content (AvgIpc) is 2.97. The molecule has 108 valence electrons. The Morgan fingerprint density at radius 1 is 1.15 bits per heavy atom. The lowest BCUT2D eigenvalue weighted by atomic mass is 10.2. The van der Waals surface area contributed by atoms with Crippen molar-refractivity contribution in [2.75, 3.05) is 12.4 Å². The number of sulfone groups is 1. The molecule has 2 rings (SSSR count). The highest BCUT2D eigenvalue weighted by molar-refractivity contribution is 7.91. The summed E-state index contributed by atoms with van der Waals surface area (Å²) in [5.74, 6) is 0.616. The van der Waals surface area contributed by atoms with Crippen molar-refractivity contribution in [1.29, 1.82) is 0 Å². The fourth-order valence-corrected chi connectivity index (χ4v) is 2.81. The first-order valence-corrected chi connectivity index (χ1v) is 7.89. The molecule has 1 aromatic heterocycles. The van der Waals surface area contributed by atoms with Crippen LogP contribution < -0.4 is 5.73 Å². The van der Waals surface area contributed by atoms with Crippen LogP contribution in [0.4, 0.5) is 0 Å². The van der Waals surface area contributed by atoms with Crippen molar-refractivity contribution in [3.05, 3.63) is 54.0 Å². The molecule has 0 amide bonds. The SMILES string of the molecule is NCc1ccc(S(=O)(=O)CCOCc2ccco2)cc1. The molecule has 20 heavy (non-hydrogen) atoms. The Hall–Kier alpha value is -1.63. The van der Waals surface area contributed by atoms with Gasteiger partial charge in [-0.1, -0.05) is 12.1 Å². The zero-order valence-electron chi connectivity index (χ0n) is 11.0. The van der Waals surface area contributed by atoms with Crippen LogP contribution in [-0.2, 0) is 27.7 Å². The largest absolute Gasteiger partial charge is 0.467 e. The first-order chi connectivity index (χ1) is 9.62. The number of nitrogens with two attached hydrogens (primary N) is 1. The first-order valence-electron chi connectivity index (χ1n) is 6.24. The number of hydrogen-bond donors (Lipinski definition) is 1. The highest BCUT2D eigenvalue weighted by atomic mass is 32.2. The molecule has 0 aliphatic heterocycles. The Morgan fingerprint density at radius 3 is 2.50 bits per heavy atom. The lowest BCUT2D eigenvalue weighted by Gasteiger charge is -2.06. The van der Waals surface area contributed by atoms with Crippen LogP contribution in [-0.4, -0.2) is 20.8 Å². The van der Waals surface area contributed by atoms with Gasteiger partial charge in [0.25, 0.3) is 0 Å². The summed E-state index contributed by atoms with van der Waals surface area (Å²) in [7, 11) is -3.32. The molecule has 0 spiro atoms. The molecule has 0 saturated carbocycles. The van der Waals surface area contributed by atoms with Crippen LogP contribution in [0.1, 0.15) is 11.3 Å². The van der Waals surface area contributed by atoms with Gasteiger partial charge >= 0.3 is 0 Å². The van der Waals surface area contributed by atoms with E-state index in [1.165, 1.54) is 0 Å². The maximum absolute atomic E-state index is 12.1. The van der Waals surface area contributed by atoms with Crippen molar-refractivity contribution in [2.24, 2.45) is 5.73 Å². The molecule has 0 aliphatic carbocycles. The third-order valence-corrected chi connectivity index (χ3v) is 4.53. The van der Waals surface area contributed by atoms with Crippen LogP contribution in [0.3, 0.4) is 0 Å². The third-order valence-electron chi connectivity index (χ3n) is 2.84. The Balaban J connectivity index is 1.86. The summed E-state index contributed by atoms with van der Waals surface area (Å²) in [4.78, 5) is 0.288. The van der Waals surface area contributed by atoms with Crippen molar-refractivity contribution >= 4 is 9.84 Å². The molecule has 1 aromatic carbocycles. The Labute approximate surface area is 118 Å². The van der Waals surface area contributed by atoms with Crippen LogP contribution in [0.25, 0.3) is 0 Å². The van der Waals surface area contributed by atoms with Crippen molar-refractivity contribution < 1.29 is 17.6 Å². The van der Waals surface area contributed by atoms with Gasteiger partial charge in [0.1, 0.15) is 12.4 Å². The van der Waals surface area contributed by atoms with Gasteiger partial charge < -0.3 is 14.9 Å². The summed E-state index contributed by atoms with van der Waals surface area (Å²) >= 11 is 0. The maximum atomic E-state index is 12.1. The molecule has 1 heterocycles. The second-order valence-corrected chi connectivity index (χ2v) is 6.41. The minimum absolute atomic E-state index is 0.0598. The van der Waals surface area contributed by atoms with Crippen molar-refractivity contribution in [3.8, 4) is 0 Å².